The smallest absolute Gasteiger partial charge is 0.0223 e. The van der Waals surface area contributed by atoms with Gasteiger partial charge in [0.1, 0.15) is 0 Å². The van der Waals surface area contributed by atoms with Crippen LogP contribution in [-0.2, 0) is 0 Å². The highest BCUT2D eigenvalue weighted by Gasteiger charge is 2.27. The van der Waals surface area contributed by atoms with Crippen LogP contribution in [-0.4, -0.2) is 24.2 Å². The number of hydrogen-bond acceptors (Lipinski definition) is 2. The van der Waals surface area contributed by atoms with E-state index in [0.29, 0.717) is 24.2 Å². The SMILES string of the molecule is CC(C)CC(C)NC1CCCCC1NC(C)CC(C)C. The predicted octanol–water partition coefficient (Wildman–Crippen LogP) is 4.35. The summed E-state index contributed by atoms with van der Waals surface area (Å²) >= 11 is 0. The van der Waals surface area contributed by atoms with E-state index in [2.05, 4.69) is 52.2 Å². The molecule has 2 N–H and O–H groups in total. The molecule has 0 amide bonds. The van der Waals surface area contributed by atoms with Gasteiger partial charge in [0.2, 0.25) is 0 Å². The van der Waals surface area contributed by atoms with Crippen molar-refractivity contribution in [2.24, 2.45) is 11.8 Å². The Hall–Kier alpha value is -0.0800. The van der Waals surface area contributed by atoms with Gasteiger partial charge in [0, 0.05) is 24.2 Å². The molecule has 20 heavy (non-hydrogen) atoms. The molecular formula is C18H38N2. The predicted molar refractivity (Wildman–Crippen MR) is 90.1 cm³/mol. The van der Waals surface area contributed by atoms with Crippen LogP contribution in [0.15, 0.2) is 0 Å². The Kier molecular flexibility index (Phi) is 8.13. The van der Waals surface area contributed by atoms with E-state index < -0.39 is 0 Å². The van der Waals surface area contributed by atoms with Crippen LogP contribution in [0.25, 0.3) is 0 Å². The lowest BCUT2D eigenvalue weighted by Crippen LogP contribution is -2.54. The van der Waals surface area contributed by atoms with Crippen LogP contribution in [0.5, 0.6) is 0 Å². The molecule has 0 aromatic rings. The van der Waals surface area contributed by atoms with Gasteiger partial charge in [0.25, 0.3) is 0 Å². The van der Waals surface area contributed by atoms with Crippen LogP contribution in [0, 0.1) is 11.8 Å². The fraction of sp³-hybridized carbons (Fsp3) is 1.00. The number of rotatable bonds is 8. The largest absolute Gasteiger partial charge is 0.310 e. The fourth-order valence-corrected chi connectivity index (χ4v) is 3.81. The molecular weight excluding hydrogens is 244 g/mol. The first-order valence-corrected chi connectivity index (χ1v) is 8.90. The summed E-state index contributed by atoms with van der Waals surface area (Å²) in [7, 11) is 0. The van der Waals surface area contributed by atoms with Crippen LogP contribution >= 0.6 is 0 Å². The molecule has 0 radical (unpaired) electrons. The van der Waals surface area contributed by atoms with E-state index in [0.717, 1.165) is 11.8 Å². The molecule has 2 nitrogen and oxygen atoms in total. The van der Waals surface area contributed by atoms with Gasteiger partial charge in [-0.2, -0.15) is 0 Å². The Bertz CT molecular complexity index is 224. The van der Waals surface area contributed by atoms with Crippen molar-refractivity contribution in [3.05, 3.63) is 0 Å². The molecule has 2 heteroatoms. The van der Waals surface area contributed by atoms with Crippen molar-refractivity contribution in [3.63, 3.8) is 0 Å². The minimum absolute atomic E-state index is 0.641. The van der Waals surface area contributed by atoms with Gasteiger partial charge in [-0.05, 0) is 51.4 Å². The molecule has 1 rings (SSSR count). The summed E-state index contributed by atoms with van der Waals surface area (Å²) in [6.07, 6.45) is 8.03. The molecule has 0 aromatic carbocycles. The standard InChI is InChI=1S/C18H38N2/c1-13(2)11-15(5)19-17-9-7-8-10-18(17)20-16(6)12-14(3)4/h13-20H,7-12H2,1-6H3. The second-order valence-electron chi connectivity index (χ2n) is 7.89. The molecule has 0 aromatic heterocycles. The fourth-order valence-electron chi connectivity index (χ4n) is 3.81. The zero-order chi connectivity index (χ0) is 15.1. The summed E-state index contributed by atoms with van der Waals surface area (Å²) in [6.45, 7) is 14.0. The zero-order valence-corrected chi connectivity index (χ0v) is 14.7. The van der Waals surface area contributed by atoms with Crippen LogP contribution < -0.4 is 10.6 Å². The van der Waals surface area contributed by atoms with Gasteiger partial charge < -0.3 is 10.6 Å². The van der Waals surface area contributed by atoms with Gasteiger partial charge >= 0.3 is 0 Å². The second-order valence-corrected chi connectivity index (χ2v) is 7.89. The molecule has 0 aliphatic heterocycles. The highest BCUT2D eigenvalue weighted by atomic mass is 15.1. The van der Waals surface area contributed by atoms with E-state index in [1.54, 1.807) is 0 Å². The molecule has 120 valence electrons. The summed E-state index contributed by atoms with van der Waals surface area (Å²) in [5.41, 5.74) is 0. The lowest BCUT2D eigenvalue weighted by Gasteiger charge is -2.37. The van der Waals surface area contributed by atoms with Crippen molar-refractivity contribution in [2.45, 2.75) is 104 Å². The summed E-state index contributed by atoms with van der Waals surface area (Å²) in [5, 5.41) is 7.79. The molecule has 1 aliphatic rings. The Labute approximate surface area is 127 Å². The molecule has 4 atom stereocenters. The molecule has 0 bridgehead atoms. The van der Waals surface area contributed by atoms with Gasteiger partial charge in [-0.25, -0.2) is 0 Å². The van der Waals surface area contributed by atoms with Crippen molar-refractivity contribution >= 4 is 0 Å². The summed E-state index contributed by atoms with van der Waals surface area (Å²) in [5.74, 6) is 1.57. The Morgan fingerprint density at radius 2 is 1.05 bits per heavy atom. The van der Waals surface area contributed by atoms with E-state index >= 15 is 0 Å². The summed E-state index contributed by atoms with van der Waals surface area (Å²) in [4.78, 5) is 0. The van der Waals surface area contributed by atoms with Crippen molar-refractivity contribution in [2.75, 3.05) is 0 Å². The van der Waals surface area contributed by atoms with Gasteiger partial charge in [0.05, 0.1) is 0 Å². The Balaban J connectivity index is 2.45. The first kappa shape index (κ1) is 18.0. The van der Waals surface area contributed by atoms with Crippen molar-refractivity contribution in [1.82, 2.24) is 10.6 Å². The highest BCUT2D eigenvalue weighted by molar-refractivity contribution is 4.89. The second kappa shape index (κ2) is 9.04. The molecule has 1 fully saturated rings. The van der Waals surface area contributed by atoms with Crippen LogP contribution in [0.3, 0.4) is 0 Å². The first-order valence-electron chi connectivity index (χ1n) is 8.90. The zero-order valence-electron chi connectivity index (χ0n) is 14.7. The highest BCUT2D eigenvalue weighted by Crippen LogP contribution is 2.21. The first-order chi connectivity index (χ1) is 9.38. The molecule has 1 aliphatic carbocycles. The molecule has 0 heterocycles. The average molecular weight is 283 g/mol. The normalized spacial score (nSPS) is 27.0. The van der Waals surface area contributed by atoms with Gasteiger partial charge in [-0.15, -0.1) is 0 Å². The average Bonchev–Trinajstić information content (AvgIpc) is 2.29. The third kappa shape index (κ3) is 7.08. The Morgan fingerprint density at radius 1 is 0.700 bits per heavy atom. The third-order valence-electron chi connectivity index (χ3n) is 4.41. The van der Waals surface area contributed by atoms with Crippen molar-refractivity contribution in [1.29, 1.82) is 0 Å². The number of hydrogen-bond donors (Lipinski definition) is 2. The Morgan fingerprint density at radius 3 is 1.35 bits per heavy atom. The van der Waals surface area contributed by atoms with E-state index in [1.165, 1.54) is 38.5 Å². The van der Waals surface area contributed by atoms with Gasteiger partial charge in [-0.3, -0.25) is 0 Å². The third-order valence-corrected chi connectivity index (χ3v) is 4.41. The van der Waals surface area contributed by atoms with Gasteiger partial charge in [-0.1, -0.05) is 40.5 Å². The van der Waals surface area contributed by atoms with Crippen LogP contribution in [0.4, 0.5) is 0 Å². The molecule has 0 spiro atoms. The van der Waals surface area contributed by atoms with Crippen LogP contribution in [0.2, 0.25) is 0 Å². The van der Waals surface area contributed by atoms with E-state index in [-0.39, 0.29) is 0 Å². The summed E-state index contributed by atoms with van der Waals surface area (Å²) < 4.78 is 0. The number of nitrogens with one attached hydrogen (secondary N) is 2. The molecule has 4 unspecified atom stereocenters. The maximum absolute atomic E-state index is 3.90. The van der Waals surface area contributed by atoms with Crippen LogP contribution in [0.1, 0.15) is 80.1 Å². The molecule has 0 saturated heterocycles. The van der Waals surface area contributed by atoms with Gasteiger partial charge in [0.15, 0.2) is 0 Å². The molecule has 1 saturated carbocycles. The van der Waals surface area contributed by atoms with Crippen molar-refractivity contribution in [3.8, 4) is 0 Å². The quantitative estimate of drug-likeness (QED) is 0.692. The lowest BCUT2D eigenvalue weighted by atomic mass is 9.88. The lowest BCUT2D eigenvalue weighted by molar-refractivity contribution is 0.236. The maximum Gasteiger partial charge on any atom is 0.0223 e. The minimum Gasteiger partial charge on any atom is -0.310 e. The van der Waals surface area contributed by atoms with E-state index in [1.807, 2.05) is 0 Å². The topological polar surface area (TPSA) is 24.1 Å². The summed E-state index contributed by atoms with van der Waals surface area (Å²) in [6, 6.07) is 2.63. The van der Waals surface area contributed by atoms with E-state index in [9.17, 15) is 0 Å². The monoisotopic (exact) mass is 282 g/mol. The van der Waals surface area contributed by atoms with Crippen molar-refractivity contribution < 1.29 is 0 Å². The van der Waals surface area contributed by atoms with E-state index in [4.69, 9.17) is 0 Å². The minimum atomic E-state index is 0.641. The maximum atomic E-state index is 3.90.